The molecule has 1 aliphatic rings. The van der Waals surface area contributed by atoms with E-state index < -0.39 is 0 Å². The fourth-order valence-corrected chi connectivity index (χ4v) is 3.05. The summed E-state index contributed by atoms with van der Waals surface area (Å²) in [5.41, 5.74) is 1.28. The molecule has 1 fully saturated rings. The zero-order valence-electron chi connectivity index (χ0n) is 15.8. The molecule has 0 spiro atoms. The fourth-order valence-electron chi connectivity index (χ4n) is 3.05. The van der Waals surface area contributed by atoms with Crippen LogP contribution in [-0.4, -0.2) is 56.2 Å². The Morgan fingerprint density at radius 1 is 1.19 bits per heavy atom. The standard InChI is InChI=1S/C20H30N2O4/c1-3-4-16-5-7-18(8-6-16)26-15-20(24)22-12-9-17(10-13-22)21-19(23)11-14-25-2/h5-8,17H,3-4,9-15H2,1-2H3,(H,21,23). The van der Waals surface area contributed by atoms with Gasteiger partial charge in [0.15, 0.2) is 6.61 Å². The molecule has 1 aromatic carbocycles. The minimum Gasteiger partial charge on any atom is -0.484 e. The Morgan fingerprint density at radius 2 is 1.88 bits per heavy atom. The van der Waals surface area contributed by atoms with Gasteiger partial charge < -0.3 is 19.7 Å². The topological polar surface area (TPSA) is 67.9 Å². The molecule has 2 rings (SSSR count). The van der Waals surface area contributed by atoms with Crippen molar-refractivity contribution >= 4 is 11.8 Å². The zero-order valence-corrected chi connectivity index (χ0v) is 15.8. The van der Waals surface area contributed by atoms with Gasteiger partial charge in [-0.15, -0.1) is 0 Å². The van der Waals surface area contributed by atoms with E-state index in [4.69, 9.17) is 9.47 Å². The summed E-state index contributed by atoms with van der Waals surface area (Å²) in [6.07, 6.45) is 4.09. The zero-order chi connectivity index (χ0) is 18.8. The second-order valence-corrected chi connectivity index (χ2v) is 6.65. The molecule has 1 aromatic rings. The molecule has 0 atom stereocenters. The third-order valence-electron chi connectivity index (χ3n) is 4.57. The van der Waals surface area contributed by atoms with Crippen molar-refractivity contribution in [3.8, 4) is 5.75 Å². The third kappa shape index (κ3) is 6.67. The Labute approximate surface area is 155 Å². The van der Waals surface area contributed by atoms with Crippen molar-refractivity contribution in [3.05, 3.63) is 29.8 Å². The van der Waals surface area contributed by atoms with Gasteiger partial charge in [0, 0.05) is 32.7 Å². The van der Waals surface area contributed by atoms with Crippen LogP contribution in [0.1, 0.15) is 38.2 Å². The molecule has 1 N–H and O–H groups in total. The minimum atomic E-state index is -0.00760. The number of benzene rings is 1. The Kier molecular flexibility index (Phi) is 8.41. The lowest BCUT2D eigenvalue weighted by molar-refractivity contribution is -0.134. The van der Waals surface area contributed by atoms with Crippen LogP contribution in [0.15, 0.2) is 24.3 Å². The molecule has 0 unspecified atom stereocenters. The van der Waals surface area contributed by atoms with Gasteiger partial charge in [0.05, 0.1) is 6.61 Å². The van der Waals surface area contributed by atoms with Crippen LogP contribution in [-0.2, 0) is 20.7 Å². The summed E-state index contributed by atoms with van der Waals surface area (Å²) in [5.74, 6) is 0.719. The molecule has 0 bridgehead atoms. The average molecular weight is 362 g/mol. The first-order chi connectivity index (χ1) is 12.6. The number of nitrogens with zero attached hydrogens (tertiary/aromatic N) is 1. The van der Waals surface area contributed by atoms with E-state index in [1.54, 1.807) is 7.11 Å². The summed E-state index contributed by atoms with van der Waals surface area (Å²) >= 11 is 0. The molecular weight excluding hydrogens is 332 g/mol. The van der Waals surface area contributed by atoms with Gasteiger partial charge in [-0.2, -0.15) is 0 Å². The van der Waals surface area contributed by atoms with Gasteiger partial charge in [0.1, 0.15) is 5.75 Å². The van der Waals surface area contributed by atoms with Gasteiger partial charge in [0.25, 0.3) is 5.91 Å². The van der Waals surface area contributed by atoms with Gasteiger partial charge in [-0.25, -0.2) is 0 Å². The highest BCUT2D eigenvalue weighted by molar-refractivity contribution is 5.78. The number of aryl methyl sites for hydroxylation is 1. The van der Waals surface area contributed by atoms with Crippen molar-refractivity contribution in [3.63, 3.8) is 0 Å². The van der Waals surface area contributed by atoms with E-state index in [1.807, 2.05) is 29.2 Å². The highest BCUT2D eigenvalue weighted by Crippen LogP contribution is 2.15. The van der Waals surface area contributed by atoms with Gasteiger partial charge in [-0.3, -0.25) is 9.59 Å². The number of rotatable bonds is 9. The van der Waals surface area contributed by atoms with E-state index in [9.17, 15) is 9.59 Å². The first-order valence-electron chi connectivity index (χ1n) is 9.40. The molecule has 0 aliphatic carbocycles. The monoisotopic (exact) mass is 362 g/mol. The molecule has 2 amide bonds. The van der Waals surface area contributed by atoms with E-state index in [0.717, 1.165) is 31.4 Å². The summed E-state index contributed by atoms with van der Waals surface area (Å²) in [4.78, 5) is 25.8. The number of carbonyl (C=O) groups is 2. The quantitative estimate of drug-likeness (QED) is 0.731. The number of hydrogen-bond donors (Lipinski definition) is 1. The number of hydrogen-bond acceptors (Lipinski definition) is 4. The summed E-state index contributed by atoms with van der Waals surface area (Å²) in [6, 6.07) is 8.05. The molecule has 0 saturated carbocycles. The largest absolute Gasteiger partial charge is 0.484 e. The Morgan fingerprint density at radius 3 is 2.50 bits per heavy atom. The first kappa shape index (κ1) is 20.2. The van der Waals surface area contributed by atoms with E-state index in [1.165, 1.54) is 5.56 Å². The number of ether oxygens (including phenoxy) is 2. The van der Waals surface area contributed by atoms with Gasteiger partial charge in [0.2, 0.25) is 5.91 Å². The highest BCUT2D eigenvalue weighted by atomic mass is 16.5. The van der Waals surface area contributed by atoms with Crippen LogP contribution >= 0.6 is 0 Å². The van der Waals surface area contributed by atoms with Crippen LogP contribution < -0.4 is 10.1 Å². The predicted molar refractivity (Wildman–Crippen MR) is 100 cm³/mol. The van der Waals surface area contributed by atoms with Crippen molar-refractivity contribution in [2.75, 3.05) is 33.4 Å². The second-order valence-electron chi connectivity index (χ2n) is 6.65. The fraction of sp³-hybridized carbons (Fsp3) is 0.600. The minimum absolute atomic E-state index is 0.00600. The van der Waals surface area contributed by atoms with Crippen LogP contribution in [0.25, 0.3) is 0 Å². The van der Waals surface area contributed by atoms with E-state index >= 15 is 0 Å². The Balaban J connectivity index is 1.68. The van der Waals surface area contributed by atoms with Crippen molar-refractivity contribution in [2.45, 2.75) is 45.1 Å². The number of carbonyl (C=O) groups excluding carboxylic acids is 2. The predicted octanol–water partition coefficient (Wildman–Crippen LogP) is 2.16. The van der Waals surface area contributed by atoms with Crippen LogP contribution in [0.2, 0.25) is 0 Å². The van der Waals surface area contributed by atoms with E-state index in [-0.39, 0.29) is 24.5 Å². The van der Waals surface area contributed by atoms with E-state index in [2.05, 4.69) is 12.2 Å². The second kappa shape index (κ2) is 10.8. The smallest absolute Gasteiger partial charge is 0.260 e. The van der Waals surface area contributed by atoms with Crippen LogP contribution in [0, 0.1) is 0 Å². The molecule has 0 aromatic heterocycles. The molecule has 1 saturated heterocycles. The van der Waals surface area contributed by atoms with Gasteiger partial charge in [-0.05, 0) is 37.0 Å². The lowest BCUT2D eigenvalue weighted by atomic mass is 10.0. The number of piperidine rings is 1. The summed E-state index contributed by atoms with van der Waals surface area (Å²) < 4.78 is 10.5. The number of nitrogens with one attached hydrogen (secondary N) is 1. The Hall–Kier alpha value is -2.08. The third-order valence-corrected chi connectivity index (χ3v) is 4.57. The number of amides is 2. The lowest BCUT2D eigenvalue weighted by Gasteiger charge is -2.32. The van der Waals surface area contributed by atoms with Crippen molar-refractivity contribution in [1.82, 2.24) is 10.2 Å². The average Bonchev–Trinajstić information content (AvgIpc) is 2.66. The molecule has 1 aliphatic heterocycles. The molecule has 26 heavy (non-hydrogen) atoms. The molecule has 1 heterocycles. The van der Waals surface area contributed by atoms with Crippen molar-refractivity contribution in [1.29, 1.82) is 0 Å². The van der Waals surface area contributed by atoms with Crippen molar-refractivity contribution in [2.24, 2.45) is 0 Å². The molecule has 6 nitrogen and oxygen atoms in total. The maximum absolute atomic E-state index is 12.3. The summed E-state index contributed by atoms with van der Waals surface area (Å²) in [7, 11) is 1.58. The van der Waals surface area contributed by atoms with Gasteiger partial charge in [-0.1, -0.05) is 25.5 Å². The molecule has 144 valence electrons. The molecular formula is C20H30N2O4. The van der Waals surface area contributed by atoms with Gasteiger partial charge >= 0.3 is 0 Å². The SMILES string of the molecule is CCCc1ccc(OCC(=O)N2CCC(NC(=O)CCOC)CC2)cc1. The number of likely N-dealkylation sites (tertiary alicyclic amines) is 1. The molecule has 0 radical (unpaired) electrons. The van der Waals surface area contributed by atoms with E-state index in [0.29, 0.717) is 26.1 Å². The highest BCUT2D eigenvalue weighted by Gasteiger charge is 2.23. The van der Waals surface area contributed by atoms with Crippen molar-refractivity contribution < 1.29 is 19.1 Å². The van der Waals surface area contributed by atoms with Crippen LogP contribution in [0.4, 0.5) is 0 Å². The summed E-state index contributed by atoms with van der Waals surface area (Å²) in [5, 5.41) is 3.00. The normalized spacial score (nSPS) is 14.9. The first-order valence-corrected chi connectivity index (χ1v) is 9.40. The summed E-state index contributed by atoms with van der Waals surface area (Å²) in [6.45, 7) is 3.93. The molecule has 6 heteroatoms. The number of methoxy groups -OCH3 is 1. The lowest BCUT2D eigenvalue weighted by Crippen LogP contribution is -2.47. The van der Waals surface area contributed by atoms with Crippen LogP contribution in [0.5, 0.6) is 5.75 Å². The van der Waals surface area contributed by atoms with Crippen LogP contribution in [0.3, 0.4) is 0 Å². The Bertz CT molecular complexity index is 566. The maximum Gasteiger partial charge on any atom is 0.260 e. The maximum atomic E-state index is 12.3.